The Kier molecular flexibility index (Phi) is 5.62. The van der Waals surface area contributed by atoms with Gasteiger partial charge in [0.05, 0.1) is 30.2 Å². The lowest BCUT2D eigenvalue weighted by atomic mass is 9.82. The zero-order valence-electron chi connectivity index (χ0n) is 20.1. The summed E-state index contributed by atoms with van der Waals surface area (Å²) in [4.78, 5) is 54.4. The third-order valence-electron chi connectivity index (χ3n) is 7.03. The molecule has 1 spiro atoms. The van der Waals surface area contributed by atoms with Crippen molar-refractivity contribution in [2.45, 2.75) is 38.7 Å². The fraction of sp³-hybridized carbons (Fsp3) is 0.407. The molecule has 3 aliphatic rings. The average molecular weight is 477 g/mol. The van der Waals surface area contributed by atoms with E-state index < -0.39 is 5.60 Å². The molecule has 3 amide bonds. The van der Waals surface area contributed by atoms with Crippen molar-refractivity contribution < 1.29 is 28.7 Å². The predicted octanol–water partition coefficient (Wildman–Crippen LogP) is 3.59. The van der Waals surface area contributed by atoms with Gasteiger partial charge in [-0.15, -0.1) is 0 Å². The number of nitrogens with zero attached hydrogens (tertiary/aromatic N) is 2. The highest BCUT2D eigenvalue weighted by molar-refractivity contribution is 6.22. The highest BCUT2D eigenvalue weighted by atomic mass is 16.5. The molecule has 0 radical (unpaired) electrons. The second-order valence-electron chi connectivity index (χ2n) is 9.91. The summed E-state index contributed by atoms with van der Waals surface area (Å²) in [5.74, 6) is 0.463. The van der Waals surface area contributed by atoms with E-state index in [1.165, 1.54) is 11.0 Å². The highest BCUT2D eigenvalue weighted by Gasteiger charge is 2.44. The lowest BCUT2D eigenvalue weighted by molar-refractivity contribution is -0.00583. The molecule has 35 heavy (non-hydrogen) atoms. The predicted molar refractivity (Wildman–Crippen MR) is 127 cm³/mol. The summed E-state index contributed by atoms with van der Waals surface area (Å²) in [7, 11) is 1.57. The Bertz CT molecular complexity index is 1240. The summed E-state index contributed by atoms with van der Waals surface area (Å²) in [6.45, 7) is 5.09. The van der Waals surface area contributed by atoms with Crippen molar-refractivity contribution >= 4 is 23.5 Å². The normalized spacial score (nSPS) is 18.6. The molecule has 2 aromatic carbocycles. The third kappa shape index (κ3) is 3.96. The molecule has 3 aliphatic heterocycles. The van der Waals surface area contributed by atoms with Gasteiger partial charge in [0.2, 0.25) is 0 Å². The molecule has 0 atom stereocenters. The van der Waals surface area contributed by atoms with Gasteiger partial charge in [-0.25, -0.2) is 0 Å². The number of ether oxygens (including phenoxy) is 2. The third-order valence-corrected chi connectivity index (χ3v) is 7.03. The van der Waals surface area contributed by atoms with E-state index in [9.17, 15) is 19.2 Å². The zero-order valence-corrected chi connectivity index (χ0v) is 20.1. The van der Waals surface area contributed by atoms with E-state index in [0.717, 1.165) is 0 Å². The number of rotatable bonds is 4. The first kappa shape index (κ1) is 23.1. The van der Waals surface area contributed by atoms with Gasteiger partial charge in [0.1, 0.15) is 17.1 Å². The SMILES string of the molecule is COc1ccc2c(c1)OC1(CCN(C(=O)c3ccc4c(c3)C(=O)N(CC(C)C)C4=O)CC1)CC2=O. The number of hydrogen-bond acceptors (Lipinski definition) is 6. The molecule has 1 fully saturated rings. The quantitative estimate of drug-likeness (QED) is 0.626. The van der Waals surface area contributed by atoms with Gasteiger partial charge in [-0.2, -0.15) is 0 Å². The molecule has 0 N–H and O–H groups in total. The second-order valence-corrected chi connectivity index (χ2v) is 9.91. The zero-order chi connectivity index (χ0) is 24.9. The molecule has 0 unspecified atom stereocenters. The molecule has 2 aromatic rings. The average Bonchev–Trinajstić information content (AvgIpc) is 3.07. The molecule has 1 saturated heterocycles. The number of imide groups is 1. The van der Waals surface area contributed by atoms with Crippen LogP contribution in [0.4, 0.5) is 0 Å². The largest absolute Gasteiger partial charge is 0.497 e. The molecule has 3 heterocycles. The first-order valence-corrected chi connectivity index (χ1v) is 11.9. The fourth-order valence-corrected chi connectivity index (χ4v) is 5.14. The smallest absolute Gasteiger partial charge is 0.261 e. The van der Waals surface area contributed by atoms with Gasteiger partial charge in [-0.3, -0.25) is 24.1 Å². The van der Waals surface area contributed by atoms with Crippen molar-refractivity contribution in [3.63, 3.8) is 0 Å². The molecule has 5 rings (SSSR count). The van der Waals surface area contributed by atoms with Crippen LogP contribution in [0.15, 0.2) is 36.4 Å². The molecule has 0 saturated carbocycles. The van der Waals surface area contributed by atoms with Gasteiger partial charge >= 0.3 is 0 Å². The van der Waals surface area contributed by atoms with E-state index in [1.807, 2.05) is 13.8 Å². The molecule has 0 aliphatic carbocycles. The minimum absolute atomic E-state index is 0.0291. The number of amides is 3. The van der Waals surface area contributed by atoms with Crippen molar-refractivity contribution in [2.24, 2.45) is 5.92 Å². The van der Waals surface area contributed by atoms with Crippen LogP contribution in [0.2, 0.25) is 0 Å². The number of ketones is 1. The van der Waals surface area contributed by atoms with Gasteiger partial charge in [0.25, 0.3) is 17.7 Å². The Morgan fingerprint density at radius 2 is 1.69 bits per heavy atom. The number of likely N-dealkylation sites (tertiary alicyclic amines) is 1. The summed E-state index contributed by atoms with van der Waals surface area (Å²) >= 11 is 0. The number of piperidine rings is 1. The van der Waals surface area contributed by atoms with Crippen molar-refractivity contribution in [1.29, 1.82) is 0 Å². The number of benzene rings is 2. The number of carbonyl (C=O) groups is 4. The maximum Gasteiger partial charge on any atom is 0.261 e. The lowest BCUT2D eigenvalue weighted by Gasteiger charge is -2.44. The van der Waals surface area contributed by atoms with E-state index >= 15 is 0 Å². The van der Waals surface area contributed by atoms with Crippen LogP contribution in [-0.2, 0) is 0 Å². The highest BCUT2D eigenvalue weighted by Crippen LogP contribution is 2.41. The standard InChI is InChI=1S/C27H28N2O6/c1-16(2)15-29-25(32)19-6-4-17(12-21(19)26(29)33)24(31)28-10-8-27(9-11-28)14-22(30)20-7-5-18(34-3)13-23(20)35-27/h4-7,12-13,16H,8-11,14-15H2,1-3H3. The Morgan fingerprint density at radius 3 is 2.37 bits per heavy atom. The van der Waals surface area contributed by atoms with Gasteiger partial charge in [-0.05, 0) is 36.2 Å². The summed E-state index contributed by atoms with van der Waals surface area (Å²) in [6.07, 6.45) is 1.31. The van der Waals surface area contributed by atoms with Crippen LogP contribution in [0, 0.1) is 5.92 Å². The van der Waals surface area contributed by atoms with E-state index in [-0.39, 0.29) is 41.4 Å². The van der Waals surface area contributed by atoms with Crippen LogP contribution in [0.1, 0.15) is 74.5 Å². The first-order chi connectivity index (χ1) is 16.7. The summed E-state index contributed by atoms with van der Waals surface area (Å²) < 4.78 is 11.6. The molecule has 8 nitrogen and oxygen atoms in total. The van der Waals surface area contributed by atoms with Gasteiger partial charge < -0.3 is 14.4 Å². The minimum atomic E-state index is -0.648. The maximum atomic E-state index is 13.3. The summed E-state index contributed by atoms with van der Waals surface area (Å²) in [5.41, 5.74) is 0.904. The van der Waals surface area contributed by atoms with Crippen LogP contribution in [0.5, 0.6) is 11.5 Å². The number of methoxy groups -OCH3 is 1. The summed E-state index contributed by atoms with van der Waals surface area (Å²) in [5, 5.41) is 0. The molecular formula is C27H28N2O6. The monoisotopic (exact) mass is 476 g/mol. The van der Waals surface area contributed by atoms with Crippen LogP contribution >= 0.6 is 0 Å². The number of hydrogen-bond donors (Lipinski definition) is 0. The fourth-order valence-electron chi connectivity index (χ4n) is 5.14. The number of fused-ring (bicyclic) bond motifs is 2. The molecular weight excluding hydrogens is 448 g/mol. The van der Waals surface area contributed by atoms with Crippen molar-refractivity contribution in [2.75, 3.05) is 26.7 Å². The maximum absolute atomic E-state index is 13.3. The molecule has 182 valence electrons. The van der Waals surface area contributed by atoms with Crippen LogP contribution < -0.4 is 9.47 Å². The van der Waals surface area contributed by atoms with E-state index in [1.54, 1.807) is 42.3 Å². The summed E-state index contributed by atoms with van der Waals surface area (Å²) in [6, 6.07) is 9.92. The van der Waals surface area contributed by atoms with E-state index in [4.69, 9.17) is 9.47 Å². The second kappa shape index (κ2) is 8.52. The first-order valence-electron chi connectivity index (χ1n) is 11.9. The van der Waals surface area contributed by atoms with Crippen LogP contribution in [0.25, 0.3) is 0 Å². The number of carbonyl (C=O) groups excluding carboxylic acids is 4. The van der Waals surface area contributed by atoms with Crippen LogP contribution in [0.3, 0.4) is 0 Å². The van der Waals surface area contributed by atoms with Gasteiger partial charge in [0.15, 0.2) is 5.78 Å². The van der Waals surface area contributed by atoms with Crippen molar-refractivity contribution in [1.82, 2.24) is 9.80 Å². The lowest BCUT2D eigenvalue weighted by Crippen LogP contribution is -2.52. The Balaban J connectivity index is 1.30. The van der Waals surface area contributed by atoms with Crippen LogP contribution in [-0.4, -0.2) is 65.6 Å². The van der Waals surface area contributed by atoms with Gasteiger partial charge in [0, 0.05) is 44.1 Å². The van der Waals surface area contributed by atoms with Crippen molar-refractivity contribution in [3.05, 3.63) is 58.7 Å². The minimum Gasteiger partial charge on any atom is -0.497 e. The molecule has 0 aromatic heterocycles. The molecule has 8 heteroatoms. The van der Waals surface area contributed by atoms with Gasteiger partial charge in [-0.1, -0.05) is 13.8 Å². The number of Topliss-reactive ketones (excluding diaryl/α,β-unsaturated/α-hetero) is 1. The van der Waals surface area contributed by atoms with E-state index in [0.29, 0.717) is 60.7 Å². The Labute approximate surface area is 203 Å². The topological polar surface area (TPSA) is 93.2 Å². The molecule has 0 bridgehead atoms. The Hall–Kier alpha value is -3.68. The van der Waals surface area contributed by atoms with E-state index in [2.05, 4.69) is 0 Å². The van der Waals surface area contributed by atoms with Crippen molar-refractivity contribution in [3.8, 4) is 11.5 Å². The Morgan fingerprint density at radius 1 is 1.00 bits per heavy atom.